The maximum absolute atomic E-state index is 14.8. The quantitative estimate of drug-likeness (QED) is 0.0202. The second kappa shape index (κ2) is 63.0. The minimum absolute atomic E-state index is 0.0332. The Morgan fingerprint density at radius 1 is 0.405 bits per heavy atom. The molecule has 4 aliphatic heterocycles. The van der Waals surface area contributed by atoms with Gasteiger partial charge in [-0.2, -0.15) is 0 Å². The third-order valence-corrected chi connectivity index (χ3v) is 22.6. The average molecular weight is 1780 g/mol. The molecule has 17 unspecified atom stereocenters. The molecule has 4 aliphatic rings. The molecule has 0 aromatic carbocycles. The van der Waals surface area contributed by atoms with Crippen molar-refractivity contribution in [3.63, 3.8) is 0 Å². The summed E-state index contributed by atoms with van der Waals surface area (Å²) in [6.07, 6.45) is 0.792. The van der Waals surface area contributed by atoms with Gasteiger partial charge in [-0.25, -0.2) is 4.57 Å². The number of carbonyl (C=O) groups excluding carboxylic acids is 9. The lowest BCUT2D eigenvalue weighted by atomic mass is 9.97. The molecule has 121 heavy (non-hydrogen) atoms. The summed E-state index contributed by atoms with van der Waals surface area (Å²) in [4.78, 5) is 119. The Balaban J connectivity index is 1.37. The van der Waals surface area contributed by atoms with E-state index in [4.69, 9.17) is 56.8 Å². The number of hydrogen-bond acceptors (Lipinski definition) is 31. The van der Waals surface area contributed by atoms with Crippen molar-refractivity contribution in [2.24, 2.45) is 0 Å². The fourth-order valence-corrected chi connectivity index (χ4v) is 15.4. The number of amides is 9. The summed E-state index contributed by atoms with van der Waals surface area (Å²) in [5, 5.41) is 123. The third-order valence-electron chi connectivity index (χ3n) is 20.8. The first-order valence-corrected chi connectivity index (χ1v) is 46.0. The molecule has 4 rings (SSSR count). The monoisotopic (exact) mass is 1780 g/mol. The topological polar surface area (TPSA) is 574 Å². The molecule has 4 saturated heterocycles. The van der Waals surface area contributed by atoms with Gasteiger partial charge in [0.1, 0.15) is 84.6 Å². The van der Waals surface area contributed by atoms with E-state index in [1.807, 2.05) is 0 Å². The van der Waals surface area contributed by atoms with Crippen LogP contribution >= 0.6 is 19.0 Å². The number of thiol groups is 1. The normalized spacial score (nSPS) is 25.2. The number of likely N-dealkylation sites (tertiary alicyclic amines) is 1. The molecule has 17 atom stereocenters. The molecule has 0 aromatic heterocycles. The van der Waals surface area contributed by atoms with Gasteiger partial charge in [0.05, 0.1) is 72.7 Å². The second-order valence-corrected chi connectivity index (χ2v) is 34.1. The summed E-state index contributed by atoms with van der Waals surface area (Å²) in [5.74, 6) is -3.64. The van der Waals surface area contributed by atoms with E-state index in [1.165, 1.54) is 25.7 Å². The molecule has 0 radical (unpaired) electrons. The maximum Gasteiger partial charge on any atom is 0.386 e. The lowest BCUT2D eigenvalue weighted by Gasteiger charge is -2.42. The zero-order valence-electron chi connectivity index (χ0n) is 71.0. The Morgan fingerprint density at radius 3 is 1.05 bits per heavy atom. The molecule has 0 bridgehead atoms. The van der Waals surface area contributed by atoms with Crippen LogP contribution in [-0.4, -0.2) is 344 Å². The van der Waals surface area contributed by atoms with Crippen LogP contribution in [0.1, 0.15) is 213 Å². The minimum Gasteiger partial charge on any atom is -0.396 e. The van der Waals surface area contributed by atoms with E-state index in [9.17, 15) is 93.7 Å². The van der Waals surface area contributed by atoms with Gasteiger partial charge in [0.25, 0.3) is 0 Å². The SMILES string of the molecule is CC(=O)NC1C(OCCCCCCNC(=O)CCOCC(COCCC(=O)NCCCCCCOC2OC(CO)C(O)C(O)C2NC(C)=O)(COCCC(=O)NCCCCCCOC2OC(CO)C(O)C(O)C2NC(C)=O)NC(=O)C2CCCN2C(=O)CCCC(=O)NCCCCCCOP(=O)(S)OCCCCCCCCO)OC(CO)C(O)C1O. The van der Waals surface area contributed by atoms with E-state index in [-0.39, 0.29) is 160 Å². The molecule has 40 nitrogen and oxygen atoms in total. The molecule has 9 amide bonds. The maximum atomic E-state index is 14.8. The smallest absolute Gasteiger partial charge is 0.386 e. The fraction of sp³-hybridized carbons (Fsp3) is 0.886. The van der Waals surface area contributed by atoms with Gasteiger partial charge in [-0.15, -0.1) is 0 Å². The standard InChI is InChI=1S/C79H144N9O31PS/c1-54(93)84-66-72(104)69(101)58(48-90)117-76(66)112-40-21-12-6-16-35-81-62(97)31-45-109-51-79(52-110-46-32-63(98)82-36-17-7-13-22-41-113-77-67(85-55(2)94)73(105)70(102)59(49-91)118-77,53-111-47-33-64(99)83-37-18-8-14-23-42-114-78-68(86-56(3)95)74(106)71(103)60(50-92)119-78)87-75(107)57-28-27-38-88(57)65(100)30-26-29-61(96)80-34-19-9-15-25-44-116-120(108,121)115-43-24-11-5-4-10-20-39-89/h57-60,66-74,76-78,89-92,101-106H,4-53H2,1-3H3,(H,80,96)(H,81,97)(H,82,98)(H,83,99)(H,84,93)(H,85,94)(H,86,95)(H,87,107)(H,108,121). The van der Waals surface area contributed by atoms with Gasteiger partial charge < -0.3 is 150 Å². The number of ether oxygens (including phenoxy) is 9. The molecule has 4 fully saturated rings. The van der Waals surface area contributed by atoms with Crippen molar-refractivity contribution >= 4 is 72.2 Å². The van der Waals surface area contributed by atoms with Gasteiger partial charge in [-0.05, 0) is 83.5 Å². The van der Waals surface area contributed by atoms with Gasteiger partial charge >= 0.3 is 6.80 Å². The Labute approximate surface area is 715 Å². The molecule has 0 saturated carbocycles. The predicted molar refractivity (Wildman–Crippen MR) is 439 cm³/mol. The summed E-state index contributed by atoms with van der Waals surface area (Å²) < 4.78 is 76.3. The highest BCUT2D eigenvalue weighted by Gasteiger charge is 2.49. The van der Waals surface area contributed by atoms with Crippen molar-refractivity contribution in [3.05, 3.63) is 0 Å². The van der Waals surface area contributed by atoms with Crippen LogP contribution in [0.4, 0.5) is 0 Å². The fourth-order valence-electron chi connectivity index (χ4n) is 14.1. The molecule has 18 N–H and O–H groups in total. The summed E-state index contributed by atoms with van der Waals surface area (Å²) in [6.45, 7) is -0.151. The highest BCUT2D eigenvalue weighted by atomic mass is 32.7. The van der Waals surface area contributed by atoms with Gasteiger partial charge in [0.2, 0.25) is 53.2 Å². The molecule has 0 spiro atoms. The lowest BCUT2D eigenvalue weighted by molar-refractivity contribution is -0.270. The highest BCUT2D eigenvalue weighted by molar-refractivity contribution is 8.44. The van der Waals surface area contributed by atoms with Gasteiger partial charge in [0, 0.05) is 112 Å². The number of nitrogens with zero attached hydrogens (tertiary/aromatic N) is 1. The van der Waals surface area contributed by atoms with Crippen molar-refractivity contribution in [3.8, 4) is 0 Å². The molecule has 4 heterocycles. The second-order valence-electron chi connectivity index (χ2n) is 31.2. The summed E-state index contributed by atoms with van der Waals surface area (Å²) in [7, 11) is 0. The van der Waals surface area contributed by atoms with E-state index < -0.39 is 154 Å². The molecule has 702 valence electrons. The van der Waals surface area contributed by atoms with E-state index in [2.05, 4.69) is 54.8 Å². The van der Waals surface area contributed by atoms with Crippen molar-refractivity contribution in [2.45, 2.75) is 317 Å². The lowest BCUT2D eigenvalue weighted by Crippen LogP contribution is -2.64. The predicted octanol–water partition coefficient (Wildman–Crippen LogP) is -0.786. The Hall–Kier alpha value is -5.03. The van der Waals surface area contributed by atoms with E-state index in [0.717, 1.165) is 51.4 Å². The number of nitrogens with one attached hydrogen (secondary N) is 8. The number of aliphatic hydroxyl groups is 10. The van der Waals surface area contributed by atoms with Crippen LogP contribution in [0.25, 0.3) is 0 Å². The van der Waals surface area contributed by atoms with Crippen LogP contribution in [-0.2, 0) is 99.4 Å². The molecular formula is C79H144N9O31PS. The largest absolute Gasteiger partial charge is 0.396 e. The molecule has 0 aromatic rings. The van der Waals surface area contributed by atoms with E-state index in [0.29, 0.717) is 122 Å². The van der Waals surface area contributed by atoms with Crippen LogP contribution < -0.4 is 42.5 Å². The van der Waals surface area contributed by atoms with Crippen molar-refractivity contribution in [1.82, 2.24) is 47.4 Å². The third kappa shape index (κ3) is 44.3. The number of hydrogen-bond donors (Lipinski definition) is 19. The first-order valence-electron chi connectivity index (χ1n) is 43.3. The van der Waals surface area contributed by atoms with E-state index >= 15 is 0 Å². The van der Waals surface area contributed by atoms with Crippen molar-refractivity contribution in [1.29, 1.82) is 0 Å². The Morgan fingerprint density at radius 2 is 0.719 bits per heavy atom. The first-order chi connectivity index (χ1) is 58.1. The zero-order valence-corrected chi connectivity index (χ0v) is 72.8. The summed E-state index contributed by atoms with van der Waals surface area (Å²) >= 11 is 4.08. The number of carbonyl (C=O) groups is 9. The van der Waals surface area contributed by atoms with Crippen LogP contribution in [0.3, 0.4) is 0 Å². The van der Waals surface area contributed by atoms with Gasteiger partial charge in [0.15, 0.2) is 18.9 Å². The van der Waals surface area contributed by atoms with E-state index in [1.54, 1.807) is 0 Å². The molecule has 0 aliphatic carbocycles. The van der Waals surface area contributed by atoms with Gasteiger partial charge in [-0.1, -0.05) is 89.3 Å². The van der Waals surface area contributed by atoms with Crippen molar-refractivity contribution < 1.29 is 150 Å². The van der Waals surface area contributed by atoms with Crippen LogP contribution in [0.5, 0.6) is 0 Å². The van der Waals surface area contributed by atoms with Crippen LogP contribution in [0.15, 0.2) is 0 Å². The number of rotatable bonds is 68. The summed E-state index contributed by atoms with van der Waals surface area (Å²) in [5.41, 5.74) is -1.56. The molecular weight excluding hydrogens is 1630 g/mol. The first kappa shape index (κ1) is 108. The van der Waals surface area contributed by atoms with Crippen LogP contribution in [0, 0.1) is 0 Å². The minimum atomic E-state index is -3.48. The summed E-state index contributed by atoms with van der Waals surface area (Å²) in [6, 6.07) is -4.20. The molecule has 42 heteroatoms. The highest BCUT2D eigenvalue weighted by Crippen LogP contribution is 2.53. The van der Waals surface area contributed by atoms with Gasteiger partial charge in [-0.3, -0.25) is 43.2 Å². The number of unbranched alkanes of at least 4 members (excludes halogenated alkanes) is 17. The number of aliphatic hydroxyl groups excluding tert-OH is 10. The van der Waals surface area contributed by atoms with Crippen molar-refractivity contribution in [2.75, 3.05) is 132 Å². The average Bonchev–Trinajstić information content (AvgIpc) is 1.73. The zero-order chi connectivity index (χ0) is 88.8. The Bertz CT molecular complexity index is 2780. The Kier molecular flexibility index (Phi) is 56.4. The van der Waals surface area contributed by atoms with Crippen LogP contribution in [0.2, 0.25) is 0 Å².